The molecular formula is C24H22N2O3S. The molecule has 3 aromatic rings. The van der Waals surface area contributed by atoms with Crippen LogP contribution < -0.4 is 15.0 Å². The van der Waals surface area contributed by atoms with Gasteiger partial charge in [-0.3, -0.25) is 9.59 Å². The quantitative estimate of drug-likeness (QED) is 0.587. The number of nitrogens with one attached hydrogen (secondary N) is 1. The standard InChI is InChI=1S/C24H22N2O3S/c1-14-8-10-19(29-4)17(12-14)25-22-21(20-6-5-11-30-20)23(27)26(24(22)28)18-13-15(2)7-9-16(18)3/h5-13,25H,1-4H3. The number of benzene rings is 2. The minimum absolute atomic E-state index is 0.257. The third-order valence-corrected chi connectivity index (χ3v) is 5.96. The number of carbonyl (C=O) groups is 2. The normalized spacial score (nSPS) is 13.9. The largest absolute Gasteiger partial charge is 0.495 e. The summed E-state index contributed by atoms with van der Waals surface area (Å²) in [4.78, 5) is 29.0. The molecule has 30 heavy (non-hydrogen) atoms. The van der Waals surface area contributed by atoms with Crippen molar-refractivity contribution in [2.45, 2.75) is 20.8 Å². The van der Waals surface area contributed by atoms with Crippen molar-refractivity contribution in [3.05, 3.63) is 81.2 Å². The number of thiophene rings is 1. The minimum atomic E-state index is -0.374. The van der Waals surface area contributed by atoms with Crippen LogP contribution in [0.2, 0.25) is 0 Å². The Morgan fingerprint density at radius 2 is 1.67 bits per heavy atom. The van der Waals surface area contributed by atoms with Gasteiger partial charge in [0.05, 0.1) is 24.1 Å². The lowest BCUT2D eigenvalue weighted by atomic mass is 10.1. The van der Waals surface area contributed by atoms with E-state index in [9.17, 15) is 9.59 Å². The molecule has 0 saturated carbocycles. The van der Waals surface area contributed by atoms with E-state index in [4.69, 9.17) is 4.74 Å². The number of anilines is 2. The molecule has 5 nitrogen and oxygen atoms in total. The van der Waals surface area contributed by atoms with Crippen LogP contribution in [0.1, 0.15) is 21.6 Å². The molecule has 0 aliphatic carbocycles. The van der Waals surface area contributed by atoms with Gasteiger partial charge in [-0.2, -0.15) is 0 Å². The van der Waals surface area contributed by atoms with Crippen LogP contribution in [-0.2, 0) is 9.59 Å². The maximum atomic E-state index is 13.5. The van der Waals surface area contributed by atoms with Gasteiger partial charge in [0.2, 0.25) is 0 Å². The Hall–Kier alpha value is -3.38. The first-order chi connectivity index (χ1) is 14.4. The summed E-state index contributed by atoms with van der Waals surface area (Å²) < 4.78 is 5.45. The Bertz CT molecular complexity index is 1180. The highest BCUT2D eigenvalue weighted by atomic mass is 32.1. The lowest BCUT2D eigenvalue weighted by molar-refractivity contribution is -0.120. The highest BCUT2D eigenvalue weighted by Gasteiger charge is 2.41. The summed E-state index contributed by atoms with van der Waals surface area (Å²) in [5, 5.41) is 5.10. The van der Waals surface area contributed by atoms with Crippen molar-refractivity contribution in [3.63, 3.8) is 0 Å². The van der Waals surface area contributed by atoms with Gasteiger partial charge in [-0.05, 0) is 67.1 Å². The van der Waals surface area contributed by atoms with Crippen LogP contribution in [0.5, 0.6) is 5.75 Å². The maximum Gasteiger partial charge on any atom is 0.282 e. The van der Waals surface area contributed by atoms with Crippen molar-refractivity contribution >= 4 is 40.1 Å². The minimum Gasteiger partial charge on any atom is -0.495 e. The molecule has 6 heteroatoms. The van der Waals surface area contributed by atoms with Crippen molar-refractivity contribution in [2.75, 3.05) is 17.3 Å². The summed E-state index contributed by atoms with van der Waals surface area (Å²) >= 11 is 1.43. The highest BCUT2D eigenvalue weighted by molar-refractivity contribution is 7.11. The van der Waals surface area contributed by atoms with E-state index < -0.39 is 0 Å². The lowest BCUT2D eigenvalue weighted by Gasteiger charge is -2.18. The first kappa shape index (κ1) is 19.9. The average Bonchev–Trinajstić information content (AvgIpc) is 3.31. The summed E-state index contributed by atoms with van der Waals surface area (Å²) in [5.74, 6) is -0.102. The number of hydrogen-bond acceptors (Lipinski definition) is 5. The summed E-state index contributed by atoms with van der Waals surface area (Å²) in [6, 6.07) is 15.2. The first-order valence-electron chi connectivity index (χ1n) is 9.56. The molecule has 0 atom stereocenters. The third-order valence-electron chi connectivity index (χ3n) is 5.07. The van der Waals surface area contributed by atoms with Crippen LogP contribution in [0.4, 0.5) is 11.4 Å². The fourth-order valence-electron chi connectivity index (χ4n) is 3.53. The average molecular weight is 419 g/mol. The van der Waals surface area contributed by atoms with Gasteiger partial charge in [0.15, 0.2) is 0 Å². The molecule has 1 aliphatic rings. The molecule has 2 amide bonds. The van der Waals surface area contributed by atoms with Gasteiger partial charge >= 0.3 is 0 Å². The number of imide groups is 1. The smallest absolute Gasteiger partial charge is 0.282 e. The number of hydrogen-bond donors (Lipinski definition) is 1. The van der Waals surface area contributed by atoms with Gasteiger partial charge in [0.1, 0.15) is 11.4 Å². The number of nitrogens with zero attached hydrogens (tertiary/aromatic N) is 1. The zero-order valence-corrected chi connectivity index (χ0v) is 18.1. The second-order valence-electron chi connectivity index (χ2n) is 7.29. The van der Waals surface area contributed by atoms with Crippen LogP contribution in [-0.4, -0.2) is 18.9 Å². The molecule has 0 unspecified atom stereocenters. The number of amides is 2. The van der Waals surface area contributed by atoms with Crippen LogP contribution >= 0.6 is 11.3 Å². The van der Waals surface area contributed by atoms with E-state index in [0.29, 0.717) is 22.7 Å². The summed E-state index contributed by atoms with van der Waals surface area (Å²) in [6.07, 6.45) is 0. The van der Waals surface area contributed by atoms with Crippen LogP contribution in [0.15, 0.2) is 59.6 Å². The number of rotatable bonds is 5. The Kier molecular flexibility index (Phi) is 5.18. The predicted molar refractivity (Wildman–Crippen MR) is 121 cm³/mol. The molecule has 0 bridgehead atoms. The zero-order chi connectivity index (χ0) is 21.4. The number of ether oxygens (including phenoxy) is 1. The lowest BCUT2D eigenvalue weighted by Crippen LogP contribution is -2.33. The summed E-state index contributed by atoms with van der Waals surface area (Å²) in [6.45, 7) is 5.80. The molecule has 152 valence electrons. The SMILES string of the molecule is COc1ccc(C)cc1NC1=C(c2cccs2)C(=O)N(c2cc(C)ccc2C)C1=O. The van der Waals surface area contributed by atoms with E-state index in [0.717, 1.165) is 21.6 Å². The Labute approximate surface area is 179 Å². The summed E-state index contributed by atoms with van der Waals surface area (Å²) in [5.41, 5.74) is 4.74. The predicted octanol–water partition coefficient (Wildman–Crippen LogP) is 5.08. The van der Waals surface area contributed by atoms with Gasteiger partial charge in [-0.1, -0.05) is 24.3 Å². The van der Waals surface area contributed by atoms with E-state index in [-0.39, 0.29) is 17.5 Å². The molecule has 1 aromatic heterocycles. The Morgan fingerprint density at radius 1 is 0.933 bits per heavy atom. The van der Waals surface area contributed by atoms with Crippen LogP contribution in [0.3, 0.4) is 0 Å². The number of methoxy groups -OCH3 is 1. The number of carbonyl (C=O) groups excluding carboxylic acids is 2. The van der Waals surface area contributed by atoms with Crippen LogP contribution in [0, 0.1) is 20.8 Å². The van der Waals surface area contributed by atoms with Crippen molar-refractivity contribution < 1.29 is 14.3 Å². The molecule has 0 saturated heterocycles. The highest BCUT2D eigenvalue weighted by Crippen LogP contribution is 2.38. The second-order valence-corrected chi connectivity index (χ2v) is 8.24. The molecule has 0 fully saturated rings. The van der Waals surface area contributed by atoms with Crippen molar-refractivity contribution in [3.8, 4) is 5.75 Å². The van der Waals surface area contributed by atoms with E-state index in [1.165, 1.54) is 16.2 Å². The van der Waals surface area contributed by atoms with Crippen molar-refractivity contribution in [2.24, 2.45) is 0 Å². The fraction of sp³-hybridized carbons (Fsp3) is 0.167. The Balaban J connectivity index is 1.85. The first-order valence-corrected chi connectivity index (χ1v) is 10.4. The van der Waals surface area contributed by atoms with E-state index in [2.05, 4.69) is 5.32 Å². The molecule has 1 N–H and O–H groups in total. The molecule has 0 spiro atoms. The van der Waals surface area contributed by atoms with E-state index in [1.807, 2.05) is 74.7 Å². The number of aryl methyl sites for hydroxylation is 3. The molecule has 0 radical (unpaired) electrons. The molecule has 1 aliphatic heterocycles. The zero-order valence-electron chi connectivity index (χ0n) is 17.3. The van der Waals surface area contributed by atoms with Gasteiger partial charge < -0.3 is 10.1 Å². The monoisotopic (exact) mass is 418 g/mol. The van der Waals surface area contributed by atoms with Gasteiger partial charge in [0.25, 0.3) is 11.8 Å². The summed E-state index contributed by atoms with van der Waals surface area (Å²) in [7, 11) is 1.58. The van der Waals surface area contributed by atoms with E-state index >= 15 is 0 Å². The van der Waals surface area contributed by atoms with Crippen LogP contribution in [0.25, 0.3) is 5.57 Å². The molecular weight excluding hydrogens is 396 g/mol. The van der Waals surface area contributed by atoms with Crippen molar-refractivity contribution in [1.82, 2.24) is 0 Å². The second kappa shape index (κ2) is 7.80. The molecule has 2 aromatic carbocycles. The van der Waals surface area contributed by atoms with Gasteiger partial charge in [-0.25, -0.2) is 4.90 Å². The molecule has 4 rings (SSSR count). The Morgan fingerprint density at radius 3 is 2.37 bits per heavy atom. The third kappa shape index (κ3) is 3.39. The van der Waals surface area contributed by atoms with Gasteiger partial charge in [-0.15, -0.1) is 11.3 Å². The van der Waals surface area contributed by atoms with E-state index in [1.54, 1.807) is 7.11 Å². The maximum absolute atomic E-state index is 13.5. The fourth-order valence-corrected chi connectivity index (χ4v) is 4.30. The topological polar surface area (TPSA) is 58.6 Å². The van der Waals surface area contributed by atoms with Crippen molar-refractivity contribution in [1.29, 1.82) is 0 Å². The molecule has 2 heterocycles. The van der Waals surface area contributed by atoms with Gasteiger partial charge in [0, 0.05) is 4.88 Å².